The fraction of sp³-hybridized carbons (Fsp3) is 0.263. The van der Waals surface area contributed by atoms with Gasteiger partial charge in [0.05, 0.1) is 27.8 Å². The van der Waals surface area contributed by atoms with E-state index in [4.69, 9.17) is 14.2 Å². The highest BCUT2D eigenvalue weighted by atomic mass is 16.5. The zero-order valence-electron chi connectivity index (χ0n) is 15.2. The molecule has 0 atom stereocenters. The van der Waals surface area contributed by atoms with Crippen LogP contribution in [-0.2, 0) is 11.2 Å². The first-order chi connectivity index (χ1) is 12.5. The second kappa shape index (κ2) is 8.75. The molecule has 0 heterocycles. The number of carbonyl (C=O) groups excluding carboxylic acids is 2. The van der Waals surface area contributed by atoms with Crippen molar-refractivity contribution in [2.24, 2.45) is 0 Å². The molecule has 7 heteroatoms. The first-order valence-corrected chi connectivity index (χ1v) is 7.93. The molecule has 0 spiro atoms. The SMILES string of the molecule is COc1cc(CC(=O)NNC(=O)c2ccc(OC)c(OC)c2)ccc1C. The molecule has 0 aliphatic carbocycles. The number of benzene rings is 2. The molecule has 0 bridgehead atoms. The maximum atomic E-state index is 12.2. The number of hydrogen-bond acceptors (Lipinski definition) is 5. The minimum atomic E-state index is -0.458. The summed E-state index contributed by atoms with van der Waals surface area (Å²) in [7, 11) is 4.57. The molecule has 0 radical (unpaired) electrons. The Morgan fingerprint density at radius 2 is 1.54 bits per heavy atom. The van der Waals surface area contributed by atoms with E-state index in [1.165, 1.54) is 20.3 Å². The molecule has 0 unspecified atom stereocenters. The zero-order chi connectivity index (χ0) is 19.1. The van der Waals surface area contributed by atoms with Crippen LogP contribution >= 0.6 is 0 Å². The monoisotopic (exact) mass is 358 g/mol. The van der Waals surface area contributed by atoms with Gasteiger partial charge in [-0.3, -0.25) is 20.4 Å². The van der Waals surface area contributed by atoms with E-state index >= 15 is 0 Å². The van der Waals surface area contributed by atoms with Gasteiger partial charge in [-0.05, 0) is 42.3 Å². The van der Waals surface area contributed by atoms with Gasteiger partial charge >= 0.3 is 0 Å². The highest BCUT2D eigenvalue weighted by Crippen LogP contribution is 2.27. The van der Waals surface area contributed by atoms with Crippen molar-refractivity contribution < 1.29 is 23.8 Å². The molecular weight excluding hydrogens is 336 g/mol. The van der Waals surface area contributed by atoms with Gasteiger partial charge in [0, 0.05) is 5.56 Å². The molecule has 2 aromatic carbocycles. The van der Waals surface area contributed by atoms with Gasteiger partial charge in [0.1, 0.15) is 5.75 Å². The van der Waals surface area contributed by atoms with Crippen molar-refractivity contribution in [2.75, 3.05) is 21.3 Å². The highest BCUT2D eigenvalue weighted by Gasteiger charge is 2.12. The van der Waals surface area contributed by atoms with Crippen LogP contribution in [-0.4, -0.2) is 33.1 Å². The summed E-state index contributed by atoms with van der Waals surface area (Å²) in [6, 6.07) is 10.2. The van der Waals surface area contributed by atoms with Gasteiger partial charge in [0.15, 0.2) is 11.5 Å². The number of aryl methyl sites for hydroxylation is 1. The van der Waals surface area contributed by atoms with Crippen molar-refractivity contribution in [3.8, 4) is 17.2 Å². The highest BCUT2D eigenvalue weighted by molar-refractivity contribution is 5.96. The van der Waals surface area contributed by atoms with E-state index in [2.05, 4.69) is 10.9 Å². The van der Waals surface area contributed by atoms with Crippen LogP contribution in [0.25, 0.3) is 0 Å². The van der Waals surface area contributed by atoms with E-state index in [9.17, 15) is 9.59 Å². The Bertz CT molecular complexity index is 805. The van der Waals surface area contributed by atoms with Crippen molar-refractivity contribution in [1.82, 2.24) is 10.9 Å². The molecule has 26 heavy (non-hydrogen) atoms. The minimum Gasteiger partial charge on any atom is -0.496 e. The molecule has 138 valence electrons. The standard InChI is InChI=1S/C19H22N2O5/c1-12-5-6-13(9-16(12)25-3)10-18(22)20-21-19(23)14-7-8-15(24-2)17(11-14)26-4/h5-9,11H,10H2,1-4H3,(H,20,22)(H,21,23). The second-order valence-electron chi connectivity index (χ2n) is 5.55. The first kappa shape index (κ1) is 19.1. The summed E-state index contributed by atoms with van der Waals surface area (Å²) in [5.41, 5.74) is 6.88. The van der Waals surface area contributed by atoms with E-state index in [0.29, 0.717) is 22.8 Å². The molecule has 0 fully saturated rings. The predicted molar refractivity (Wildman–Crippen MR) is 96.6 cm³/mol. The number of ether oxygens (including phenoxy) is 3. The quantitative estimate of drug-likeness (QED) is 0.772. The topological polar surface area (TPSA) is 85.9 Å². The smallest absolute Gasteiger partial charge is 0.269 e. The van der Waals surface area contributed by atoms with E-state index in [1.807, 2.05) is 19.1 Å². The number of nitrogens with one attached hydrogen (secondary N) is 2. The summed E-state index contributed by atoms with van der Waals surface area (Å²) < 4.78 is 15.5. The van der Waals surface area contributed by atoms with Gasteiger partial charge in [0.2, 0.25) is 5.91 Å². The summed E-state index contributed by atoms with van der Waals surface area (Å²) in [4.78, 5) is 24.2. The Kier molecular flexibility index (Phi) is 6.43. The van der Waals surface area contributed by atoms with E-state index in [-0.39, 0.29) is 12.3 Å². The lowest BCUT2D eigenvalue weighted by Crippen LogP contribution is -2.42. The van der Waals surface area contributed by atoms with Crippen LogP contribution < -0.4 is 25.1 Å². The van der Waals surface area contributed by atoms with Crippen LogP contribution in [0.3, 0.4) is 0 Å². The van der Waals surface area contributed by atoms with Crippen LogP contribution in [0, 0.1) is 6.92 Å². The Hall–Kier alpha value is -3.22. The van der Waals surface area contributed by atoms with E-state index in [0.717, 1.165) is 11.1 Å². The summed E-state index contributed by atoms with van der Waals surface area (Å²) in [5, 5.41) is 0. The Morgan fingerprint density at radius 1 is 0.846 bits per heavy atom. The summed E-state index contributed by atoms with van der Waals surface area (Å²) in [6.07, 6.45) is 0.114. The predicted octanol–water partition coefficient (Wildman–Crippen LogP) is 2.02. The molecular formula is C19H22N2O5. The lowest BCUT2D eigenvalue weighted by molar-refractivity contribution is -0.121. The maximum absolute atomic E-state index is 12.2. The number of hydrazine groups is 1. The van der Waals surface area contributed by atoms with Gasteiger partial charge in [-0.1, -0.05) is 12.1 Å². The largest absolute Gasteiger partial charge is 0.496 e. The number of carbonyl (C=O) groups is 2. The molecule has 0 aliphatic rings. The third-order valence-corrected chi connectivity index (χ3v) is 3.80. The normalized spacial score (nSPS) is 10.0. The van der Waals surface area contributed by atoms with Crippen molar-refractivity contribution in [2.45, 2.75) is 13.3 Å². The first-order valence-electron chi connectivity index (χ1n) is 7.93. The molecule has 2 aromatic rings. The zero-order valence-corrected chi connectivity index (χ0v) is 15.2. The molecule has 0 aliphatic heterocycles. The van der Waals surface area contributed by atoms with Crippen LogP contribution in [0.5, 0.6) is 17.2 Å². The summed E-state index contributed by atoms with van der Waals surface area (Å²) >= 11 is 0. The number of hydrogen-bond donors (Lipinski definition) is 2. The van der Waals surface area contributed by atoms with Gasteiger partial charge < -0.3 is 14.2 Å². The molecule has 0 saturated carbocycles. The molecule has 0 saturated heterocycles. The third-order valence-electron chi connectivity index (χ3n) is 3.80. The van der Waals surface area contributed by atoms with Crippen molar-refractivity contribution >= 4 is 11.8 Å². The van der Waals surface area contributed by atoms with E-state index in [1.54, 1.807) is 25.3 Å². The van der Waals surface area contributed by atoms with Gasteiger partial charge in [-0.25, -0.2) is 0 Å². The van der Waals surface area contributed by atoms with Gasteiger partial charge in [-0.15, -0.1) is 0 Å². The van der Waals surface area contributed by atoms with Gasteiger partial charge in [-0.2, -0.15) is 0 Å². The summed E-state index contributed by atoms with van der Waals surface area (Å²) in [5.74, 6) is 0.856. The fourth-order valence-corrected chi connectivity index (χ4v) is 2.38. The number of rotatable bonds is 6. The lowest BCUT2D eigenvalue weighted by atomic mass is 10.1. The molecule has 7 nitrogen and oxygen atoms in total. The maximum Gasteiger partial charge on any atom is 0.269 e. The Labute approximate surface area is 152 Å². The van der Waals surface area contributed by atoms with Crippen molar-refractivity contribution in [3.05, 3.63) is 53.1 Å². The molecule has 0 aromatic heterocycles. The molecule has 2 N–H and O–H groups in total. The average Bonchev–Trinajstić information content (AvgIpc) is 2.66. The molecule has 2 amide bonds. The van der Waals surface area contributed by atoms with Crippen LogP contribution in [0.4, 0.5) is 0 Å². The van der Waals surface area contributed by atoms with E-state index < -0.39 is 5.91 Å². The average molecular weight is 358 g/mol. The lowest BCUT2D eigenvalue weighted by Gasteiger charge is -2.11. The van der Waals surface area contributed by atoms with Crippen LogP contribution in [0.15, 0.2) is 36.4 Å². The number of amides is 2. The van der Waals surface area contributed by atoms with Crippen molar-refractivity contribution in [1.29, 1.82) is 0 Å². The Morgan fingerprint density at radius 3 is 2.19 bits per heavy atom. The Balaban J connectivity index is 1.95. The summed E-state index contributed by atoms with van der Waals surface area (Å²) in [6.45, 7) is 1.92. The fourth-order valence-electron chi connectivity index (χ4n) is 2.38. The van der Waals surface area contributed by atoms with Crippen molar-refractivity contribution in [3.63, 3.8) is 0 Å². The third kappa shape index (κ3) is 4.66. The van der Waals surface area contributed by atoms with Crippen LogP contribution in [0.1, 0.15) is 21.5 Å². The van der Waals surface area contributed by atoms with Crippen LogP contribution in [0.2, 0.25) is 0 Å². The molecule has 2 rings (SSSR count). The van der Waals surface area contributed by atoms with Gasteiger partial charge in [0.25, 0.3) is 5.91 Å². The minimum absolute atomic E-state index is 0.114. The second-order valence-corrected chi connectivity index (χ2v) is 5.55. The number of methoxy groups -OCH3 is 3.